The molecule has 0 unspecified atom stereocenters. The monoisotopic (exact) mass is 468 g/mol. The Bertz CT molecular complexity index is 1520. The molecule has 35 heavy (non-hydrogen) atoms. The lowest BCUT2D eigenvalue weighted by Gasteiger charge is -2.51. The van der Waals surface area contributed by atoms with Crippen LogP contribution in [0.25, 0.3) is 33.5 Å². The third kappa shape index (κ3) is 3.31. The highest BCUT2D eigenvalue weighted by molar-refractivity contribution is 5.86. The zero-order valence-corrected chi connectivity index (χ0v) is 20.0. The number of hydrogen-bond acceptors (Lipinski definition) is 5. The number of H-pyrrole nitrogens is 1. The standard InChI is InChI=1S/C27H28N6O2/c1-16-4-3-5-20(30-16)22-21(17-6-7-19-18(14-17)23(34)33(2)15-29-19)31-25(32-22)27-11-8-26(9-12-27,10-13-27)24(28)35/h3-7,14-15H,8-13H2,1-2H3,(H2,28,35)(H,31,32). The van der Waals surface area contributed by atoms with E-state index in [0.29, 0.717) is 10.9 Å². The molecular weight excluding hydrogens is 440 g/mol. The number of aromatic amines is 1. The Balaban J connectivity index is 1.51. The second-order valence-corrected chi connectivity index (χ2v) is 10.3. The van der Waals surface area contributed by atoms with Gasteiger partial charge in [-0.1, -0.05) is 12.1 Å². The third-order valence-electron chi connectivity index (χ3n) is 8.31. The van der Waals surface area contributed by atoms with Gasteiger partial charge in [-0.15, -0.1) is 0 Å². The minimum Gasteiger partial charge on any atom is -0.369 e. The molecule has 4 aromatic rings. The molecule has 2 bridgehead atoms. The van der Waals surface area contributed by atoms with Crippen molar-refractivity contribution in [3.8, 4) is 22.6 Å². The number of imidazole rings is 1. The summed E-state index contributed by atoms with van der Waals surface area (Å²) < 4.78 is 1.49. The van der Waals surface area contributed by atoms with E-state index in [4.69, 9.17) is 15.7 Å². The summed E-state index contributed by atoms with van der Waals surface area (Å²) in [6.45, 7) is 1.96. The van der Waals surface area contributed by atoms with Crippen LogP contribution in [-0.4, -0.2) is 30.4 Å². The van der Waals surface area contributed by atoms with Crippen molar-refractivity contribution in [2.24, 2.45) is 18.2 Å². The van der Waals surface area contributed by atoms with Gasteiger partial charge in [0.15, 0.2) is 0 Å². The molecule has 3 heterocycles. The summed E-state index contributed by atoms with van der Waals surface area (Å²) in [5, 5.41) is 0.562. The molecule has 3 N–H and O–H groups in total. The largest absolute Gasteiger partial charge is 0.369 e. The van der Waals surface area contributed by atoms with Crippen LogP contribution in [0.5, 0.6) is 0 Å². The molecule has 3 aliphatic rings. The first-order chi connectivity index (χ1) is 16.8. The molecule has 8 nitrogen and oxygen atoms in total. The molecule has 1 aromatic carbocycles. The molecule has 3 aromatic heterocycles. The maximum Gasteiger partial charge on any atom is 0.260 e. The van der Waals surface area contributed by atoms with Gasteiger partial charge in [0.05, 0.1) is 28.6 Å². The molecule has 0 radical (unpaired) electrons. The molecule has 178 valence electrons. The number of primary amides is 1. The van der Waals surface area contributed by atoms with Crippen molar-refractivity contribution in [2.75, 3.05) is 0 Å². The Labute approximate surface area is 202 Å². The van der Waals surface area contributed by atoms with Crippen LogP contribution in [0, 0.1) is 12.3 Å². The van der Waals surface area contributed by atoms with Crippen molar-refractivity contribution in [1.82, 2.24) is 24.5 Å². The first-order valence-electron chi connectivity index (χ1n) is 12.1. The minimum absolute atomic E-state index is 0.0900. The van der Waals surface area contributed by atoms with Gasteiger partial charge < -0.3 is 15.3 Å². The number of carbonyl (C=O) groups excluding carboxylic acids is 1. The average molecular weight is 469 g/mol. The van der Waals surface area contributed by atoms with Crippen LogP contribution in [0.15, 0.2) is 47.5 Å². The van der Waals surface area contributed by atoms with Gasteiger partial charge in [-0.3, -0.25) is 14.6 Å². The van der Waals surface area contributed by atoms with Gasteiger partial charge in [0.25, 0.3) is 5.56 Å². The van der Waals surface area contributed by atoms with Crippen LogP contribution in [0.2, 0.25) is 0 Å². The smallest absolute Gasteiger partial charge is 0.260 e. The van der Waals surface area contributed by atoms with E-state index in [1.807, 2.05) is 43.3 Å². The summed E-state index contributed by atoms with van der Waals surface area (Å²) in [5.74, 6) is 0.768. The van der Waals surface area contributed by atoms with Crippen molar-refractivity contribution in [2.45, 2.75) is 50.9 Å². The summed E-state index contributed by atoms with van der Waals surface area (Å²) in [6, 6.07) is 11.7. The molecule has 0 aliphatic heterocycles. The van der Waals surface area contributed by atoms with E-state index in [9.17, 15) is 9.59 Å². The SMILES string of the molecule is Cc1cccc(-c2nc(C34CCC(C(N)=O)(CC3)CC4)[nH]c2-c2ccc3ncn(C)c(=O)c3c2)n1. The van der Waals surface area contributed by atoms with Crippen LogP contribution in [0.3, 0.4) is 0 Å². The molecule has 0 atom stereocenters. The fourth-order valence-corrected chi connectivity index (χ4v) is 5.97. The second-order valence-electron chi connectivity index (χ2n) is 10.3. The molecule has 3 fully saturated rings. The van der Waals surface area contributed by atoms with Crippen LogP contribution < -0.4 is 11.3 Å². The van der Waals surface area contributed by atoms with Gasteiger partial charge >= 0.3 is 0 Å². The van der Waals surface area contributed by atoms with E-state index in [1.54, 1.807) is 7.05 Å². The topological polar surface area (TPSA) is 120 Å². The number of nitrogens with one attached hydrogen (secondary N) is 1. The highest BCUT2D eigenvalue weighted by Gasteiger charge is 2.53. The van der Waals surface area contributed by atoms with Gasteiger partial charge in [0, 0.05) is 29.1 Å². The van der Waals surface area contributed by atoms with Gasteiger partial charge in [-0.05, 0) is 69.7 Å². The van der Waals surface area contributed by atoms with Crippen molar-refractivity contribution in [3.63, 3.8) is 0 Å². The van der Waals surface area contributed by atoms with Crippen molar-refractivity contribution in [3.05, 3.63) is 64.6 Å². The molecular formula is C27H28N6O2. The first kappa shape index (κ1) is 21.7. The second kappa shape index (κ2) is 7.60. The quantitative estimate of drug-likeness (QED) is 0.472. The van der Waals surface area contributed by atoms with Gasteiger partial charge in [-0.2, -0.15) is 0 Å². The van der Waals surface area contributed by atoms with Crippen LogP contribution in [0.4, 0.5) is 0 Å². The number of rotatable bonds is 4. The Morgan fingerprint density at radius 3 is 2.49 bits per heavy atom. The summed E-state index contributed by atoms with van der Waals surface area (Å²) >= 11 is 0. The zero-order chi connectivity index (χ0) is 24.4. The number of aromatic nitrogens is 5. The highest BCUT2D eigenvalue weighted by atomic mass is 16.1. The molecule has 8 heteroatoms. The average Bonchev–Trinajstić information content (AvgIpc) is 3.34. The number of amides is 1. The Hall–Kier alpha value is -3.81. The van der Waals surface area contributed by atoms with E-state index < -0.39 is 0 Å². The number of hydrogen-bond donors (Lipinski definition) is 2. The molecule has 0 saturated heterocycles. The number of aryl methyl sites for hydroxylation is 2. The van der Waals surface area contributed by atoms with Crippen molar-refractivity contribution in [1.29, 1.82) is 0 Å². The van der Waals surface area contributed by atoms with E-state index in [-0.39, 0.29) is 22.3 Å². The normalized spacial score (nSPS) is 23.6. The zero-order valence-electron chi connectivity index (χ0n) is 20.0. The summed E-state index contributed by atoms with van der Waals surface area (Å²) in [6.07, 6.45) is 6.58. The summed E-state index contributed by atoms with van der Waals surface area (Å²) in [5.41, 5.74) is 10.1. The van der Waals surface area contributed by atoms with E-state index in [0.717, 1.165) is 72.7 Å². The molecule has 7 rings (SSSR count). The van der Waals surface area contributed by atoms with Crippen molar-refractivity contribution < 1.29 is 4.79 Å². The van der Waals surface area contributed by atoms with Gasteiger partial charge in [0.2, 0.25) is 5.91 Å². The lowest BCUT2D eigenvalue weighted by atomic mass is 9.53. The fourth-order valence-electron chi connectivity index (χ4n) is 5.97. The fraction of sp³-hybridized carbons (Fsp3) is 0.370. The van der Waals surface area contributed by atoms with Gasteiger partial charge in [0.1, 0.15) is 11.5 Å². The lowest BCUT2D eigenvalue weighted by molar-refractivity contribution is -0.134. The predicted molar refractivity (Wildman–Crippen MR) is 134 cm³/mol. The first-order valence-corrected chi connectivity index (χ1v) is 12.1. The third-order valence-corrected chi connectivity index (χ3v) is 8.31. The number of nitrogens with two attached hydrogens (primary N) is 1. The maximum atomic E-state index is 12.8. The maximum absolute atomic E-state index is 12.8. The minimum atomic E-state index is -0.358. The lowest BCUT2D eigenvalue weighted by Crippen LogP contribution is -2.50. The molecule has 1 amide bonds. The Morgan fingerprint density at radius 2 is 1.80 bits per heavy atom. The van der Waals surface area contributed by atoms with Crippen LogP contribution >= 0.6 is 0 Å². The summed E-state index contributed by atoms with van der Waals surface area (Å²) in [4.78, 5) is 42.9. The molecule has 0 spiro atoms. The Morgan fingerprint density at radius 1 is 1.06 bits per heavy atom. The Kier molecular flexibility index (Phi) is 4.71. The molecule has 3 aliphatic carbocycles. The number of pyridine rings is 1. The van der Waals surface area contributed by atoms with Crippen molar-refractivity contribution >= 4 is 16.8 Å². The van der Waals surface area contributed by atoms with E-state index >= 15 is 0 Å². The summed E-state index contributed by atoms with van der Waals surface area (Å²) in [7, 11) is 1.70. The van der Waals surface area contributed by atoms with E-state index in [2.05, 4.69) is 9.97 Å². The number of benzene rings is 1. The number of fused-ring (bicyclic) bond motifs is 4. The van der Waals surface area contributed by atoms with Gasteiger partial charge in [-0.25, -0.2) is 9.97 Å². The number of carbonyl (C=O) groups is 1. The highest BCUT2D eigenvalue weighted by Crippen LogP contribution is 2.57. The van der Waals surface area contributed by atoms with Crippen LogP contribution in [0.1, 0.15) is 50.0 Å². The number of nitrogens with zero attached hydrogens (tertiary/aromatic N) is 4. The molecule has 3 saturated carbocycles. The van der Waals surface area contributed by atoms with Crippen LogP contribution in [-0.2, 0) is 17.3 Å². The predicted octanol–water partition coefficient (Wildman–Crippen LogP) is 3.77. The van der Waals surface area contributed by atoms with E-state index in [1.165, 1.54) is 10.9 Å².